The van der Waals surface area contributed by atoms with Gasteiger partial charge in [0.2, 0.25) is 0 Å². The molecule has 0 unspecified atom stereocenters. The smallest absolute Gasteiger partial charge is 0.340 e. The molecule has 0 saturated heterocycles. The Hall–Kier alpha value is -6.09. The second-order valence-corrected chi connectivity index (χ2v) is 16.0. The van der Waals surface area contributed by atoms with Crippen molar-refractivity contribution in [3.05, 3.63) is 160 Å². The maximum Gasteiger partial charge on any atom is 0.340 e. The fraction of sp³-hybridized carbons (Fsp3) is 0.340. The quantitative estimate of drug-likeness (QED) is 0.0766. The molecule has 9 heteroatoms. The second kappa shape index (κ2) is 18.7. The molecule has 0 aliphatic heterocycles. The van der Waals surface area contributed by atoms with Gasteiger partial charge in [-0.2, -0.15) is 0 Å². The Morgan fingerprint density at radius 3 is 1.83 bits per heavy atom. The molecule has 2 aromatic carbocycles. The standard InChI is InChI=1S/C28H29N3O2.C22H24N2O2/c1-2-3-14-33-28(32)25-17-24(22-5-6-22)18-30-26(25)16-21-4-7-27-23(15-21)10-13-31(27)19-20-8-11-29-12-9-20;1-2-3-10-26-22(25)19-13-18(16-5-6-16)14-24-21(19)12-15-4-7-20-17(11-15)8-9-23-20/h4,7-13,15,17-18,22H,2-3,5-6,14,16,19H2,1H3;4,7-9,11,13-14,16,23H,2-3,5-6,10,12H2,1H3. The lowest BCUT2D eigenvalue weighted by atomic mass is 10.0. The number of H-pyrrole nitrogens is 1. The molecule has 9 nitrogen and oxygen atoms in total. The highest BCUT2D eigenvalue weighted by molar-refractivity contribution is 5.92. The summed E-state index contributed by atoms with van der Waals surface area (Å²) >= 11 is 0. The van der Waals surface area contributed by atoms with Crippen molar-refractivity contribution in [1.82, 2.24) is 24.5 Å². The number of hydrogen-bond donors (Lipinski definition) is 1. The highest BCUT2D eigenvalue weighted by atomic mass is 16.5. The van der Waals surface area contributed by atoms with Crippen LogP contribution in [-0.4, -0.2) is 49.7 Å². The molecule has 9 rings (SSSR count). The fourth-order valence-electron chi connectivity index (χ4n) is 7.49. The number of esters is 2. The number of ether oxygens (including phenoxy) is 2. The van der Waals surface area contributed by atoms with Crippen LogP contribution < -0.4 is 0 Å². The van der Waals surface area contributed by atoms with E-state index in [9.17, 15) is 9.59 Å². The Kier molecular flexibility index (Phi) is 12.6. The van der Waals surface area contributed by atoms with Crippen molar-refractivity contribution in [1.29, 1.82) is 0 Å². The molecule has 59 heavy (non-hydrogen) atoms. The van der Waals surface area contributed by atoms with Gasteiger partial charge < -0.3 is 19.0 Å². The number of fused-ring (bicyclic) bond motifs is 2. The third kappa shape index (κ3) is 10.1. The minimum Gasteiger partial charge on any atom is -0.462 e. The minimum atomic E-state index is -0.252. The van der Waals surface area contributed by atoms with E-state index < -0.39 is 0 Å². The van der Waals surface area contributed by atoms with E-state index >= 15 is 0 Å². The number of carbonyl (C=O) groups excluding carboxylic acids is 2. The maximum atomic E-state index is 12.8. The third-order valence-electron chi connectivity index (χ3n) is 11.3. The van der Waals surface area contributed by atoms with Gasteiger partial charge in [0.1, 0.15) is 0 Å². The number of nitrogens with one attached hydrogen (secondary N) is 1. The molecule has 0 radical (unpaired) electrons. The number of hydrogen-bond acceptors (Lipinski definition) is 7. The number of benzene rings is 2. The van der Waals surface area contributed by atoms with E-state index in [2.05, 4.69) is 88.1 Å². The van der Waals surface area contributed by atoms with E-state index in [4.69, 9.17) is 14.5 Å². The summed E-state index contributed by atoms with van der Waals surface area (Å²) in [5.74, 6) is 0.615. The summed E-state index contributed by atoms with van der Waals surface area (Å²) in [7, 11) is 0. The number of aromatic amines is 1. The zero-order valence-electron chi connectivity index (χ0n) is 34.2. The molecule has 302 valence electrons. The lowest BCUT2D eigenvalue weighted by Gasteiger charge is -2.11. The SMILES string of the molecule is CCCCOC(=O)c1cc(C2CC2)cnc1Cc1ccc2[nH]ccc2c1.CCCCOC(=O)c1cc(C2CC2)cnc1Cc1ccc2c(ccn2Cc2ccncc2)c1. The minimum absolute atomic E-state index is 0.244. The normalized spacial score (nSPS) is 13.6. The van der Waals surface area contributed by atoms with Gasteiger partial charge in [0, 0.05) is 67.6 Å². The Morgan fingerprint density at radius 2 is 1.25 bits per heavy atom. The maximum absolute atomic E-state index is 12.8. The van der Waals surface area contributed by atoms with E-state index in [0.29, 0.717) is 49.0 Å². The molecule has 0 spiro atoms. The van der Waals surface area contributed by atoms with Crippen LogP contribution in [-0.2, 0) is 28.9 Å². The van der Waals surface area contributed by atoms with Gasteiger partial charge in [0.05, 0.1) is 35.7 Å². The van der Waals surface area contributed by atoms with Crippen LogP contribution in [0.4, 0.5) is 0 Å². The first kappa shape index (κ1) is 39.7. The lowest BCUT2D eigenvalue weighted by molar-refractivity contribution is 0.0488. The van der Waals surface area contributed by atoms with Gasteiger partial charge in [-0.15, -0.1) is 0 Å². The highest BCUT2D eigenvalue weighted by Gasteiger charge is 2.27. The molecule has 2 saturated carbocycles. The third-order valence-corrected chi connectivity index (χ3v) is 11.3. The van der Waals surface area contributed by atoms with E-state index in [1.807, 2.05) is 55.2 Å². The number of aromatic nitrogens is 5. The average molecular weight is 788 g/mol. The zero-order chi connectivity index (χ0) is 40.6. The van der Waals surface area contributed by atoms with Gasteiger partial charge >= 0.3 is 11.9 Å². The number of unbranched alkanes of at least 4 members (excludes halogenated alkanes) is 2. The van der Waals surface area contributed by atoms with E-state index in [-0.39, 0.29) is 11.9 Å². The molecule has 0 atom stereocenters. The molecule has 0 amide bonds. The topological polar surface area (TPSA) is 112 Å². The van der Waals surface area contributed by atoms with Gasteiger partial charge in [-0.1, -0.05) is 38.8 Å². The molecule has 1 N–H and O–H groups in total. The molecular formula is C50H53N5O4. The van der Waals surface area contributed by atoms with Crippen molar-refractivity contribution in [3.8, 4) is 0 Å². The second-order valence-electron chi connectivity index (χ2n) is 16.0. The molecule has 5 heterocycles. The summed E-state index contributed by atoms with van der Waals surface area (Å²) in [4.78, 5) is 42.1. The molecule has 2 fully saturated rings. The Bertz CT molecular complexity index is 2530. The van der Waals surface area contributed by atoms with Crippen molar-refractivity contribution in [2.45, 2.75) is 96.4 Å². The first-order valence-corrected chi connectivity index (χ1v) is 21.3. The molecular weight excluding hydrogens is 735 g/mol. The highest BCUT2D eigenvalue weighted by Crippen LogP contribution is 2.41. The summed E-state index contributed by atoms with van der Waals surface area (Å²) < 4.78 is 13.3. The van der Waals surface area contributed by atoms with Crippen LogP contribution in [0.15, 0.2) is 110 Å². The number of carbonyl (C=O) groups is 2. The first-order valence-electron chi connectivity index (χ1n) is 21.3. The van der Waals surface area contributed by atoms with Crippen molar-refractivity contribution in [2.75, 3.05) is 13.2 Å². The molecule has 7 aromatic rings. The number of pyridine rings is 3. The van der Waals surface area contributed by atoms with E-state index in [0.717, 1.165) is 71.4 Å². The van der Waals surface area contributed by atoms with Crippen LogP contribution in [0.1, 0.15) is 137 Å². The van der Waals surface area contributed by atoms with E-state index in [1.54, 1.807) is 0 Å². The lowest BCUT2D eigenvalue weighted by Crippen LogP contribution is -2.12. The Balaban J connectivity index is 0.000000169. The van der Waals surface area contributed by atoms with Gasteiger partial charge in [-0.25, -0.2) is 9.59 Å². The predicted molar refractivity (Wildman–Crippen MR) is 232 cm³/mol. The summed E-state index contributed by atoms with van der Waals surface area (Å²) in [6.07, 6.45) is 21.3. The molecule has 2 aliphatic rings. The van der Waals surface area contributed by atoms with Gasteiger partial charge in [0.25, 0.3) is 0 Å². The largest absolute Gasteiger partial charge is 0.462 e. The fourth-order valence-corrected chi connectivity index (χ4v) is 7.49. The summed E-state index contributed by atoms with van der Waals surface area (Å²) in [5.41, 5.74) is 11.0. The number of rotatable bonds is 16. The van der Waals surface area contributed by atoms with Gasteiger partial charge in [-0.05, 0) is 150 Å². The molecule has 0 bridgehead atoms. The summed E-state index contributed by atoms with van der Waals surface area (Å²) in [5, 5.41) is 2.35. The van der Waals surface area contributed by atoms with E-state index in [1.165, 1.54) is 47.5 Å². The van der Waals surface area contributed by atoms with Gasteiger partial charge in [-0.3, -0.25) is 15.0 Å². The van der Waals surface area contributed by atoms with Crippen LogP contribution in [0.5, 0.6) is 0 Å². The predicted octanol–water partition coefficient (Wildman–Crippen LogP) is 10.9. The Morgan fingerprint density at radius 1 is 0.678 bits per heavy atom. The summed E-state index contributed by atoms with van der Waals surface area (Å²) in [6.45, 7) is 5.92. The molecule has 2 aliphatic carbocycles. The first-order chi connectivity index (χ1) is 28.9. The monoisotopic (exact) mass is 787 g/mol. The van der Waals surface area contributed by atoms with Crippen LogP contribution in [0.2, 0.25) is 0 Å². The molecule has 5 aromatic heterocycles. The van der Waals surface area contributed by atoms with Crippen LogP contribution >= 0.6 is 0 Å². The van der Waals surface area contributed by atoms with Crippen molar-refractivity contribution in [2.24, 2.45) is 0 Å². The van der Waals surface area contributed by atoms with Gasteiger partial charge in [0.15, 0.2) is 0 Å². The zero-order valence-corrected chi connectivity index (χ0v) is 34.2. The summed E-state index contributed by atoms with van der Waals surface area (Å²) in [6, 6.07) is 25.1. The van der Waals surface area contributed by atoms with Crippen molar-refractivity contribution < 1.29 is 19.1 Å². The Labute approximate surface area is 346 Å². The number of nitrogens with zero attached hydrogens (tertiary/aromatic N) is 4. The van der Waals surface area contributed by atoms with Crippen LogP contribution in [0.3, 0.4) is 0 Å². The average Bonchev–Trinajstić information content (AvgIpc) is 4.20. The van der Waals surface area contributed by atoms with Crippen LogP contribution in [0, 0.1) is 0 Å². The van der Waals surface area contributed by atoms with Crippen molar-refractivity contribution >= 4 is 33.7 Å². The van der Waals surface area contributed by atoms with Crippen LogP contribution in [0.25, 0.3) is 21.8 Å². The van der Waals surface area contributed by atoms with Crippen molar-refractivity contribution in [3.63, 3.8) is 0 Å².